The van der Waals surface area contributed by atoms with Gasteiger partial charge in [0.05, 0.1) is 6.20 Å². The fourth-order valence-electron chi connectivity index (χ4n) is 1.40. The number of hydrogen-bond donors (Lipinski definition) is 1. The van der Waals surface area contributed by atoms with Crippen LogP contribution < -0.4 is 11.3 Å². The third kappa shape index (κ3) is 3.43. The fraction of sp³-hybridized carbons (Fsp3) is 0.385. The second kappa shape index (κ2) is 6.17. The minimum Gasteiger partial charge on any atom is -0.394 e. The molecule has 5 nitrogen and oxygen atoms in total. The highest BCUT2D eigenvalue weighted by Gasteiger charge is 2.09. The first kappa shape index (κ1) is 14.9. The summed E-state index contributed by atoms with van der Waals surface area (Å²) in [6.07, 6.45) is 2.32. The van der Waals surface area contributed by atoms with Gasteiger partial charge >= 0.3 is 0 Å². The maximum absolute atomic E-state index is 13.1. The molecule has 0 aliphatic heterocycles. The molecule has 0 aromatic carbocycles. The molecule has 0 saturated heterocycles. The van der Waals surface area contributed by atoms with E-state index in [-0.39, 0.29) is 5.69 Å². The number of aromatic nitrogens is 3. The second-order valence-corrected chi connectivity index (χ2v) is 4.26. The van der Waals surface area contributed by atoms with E-state index in [1.54, 1.807) is 17.8 Å². The molecule has 0 bridgehead atoms. The minimum atomic E-state index is -0.569. The van der Waals surface area contributed by atoms with Crippen molar-refractivity contribution in [1.82, 2.24) is 14.3 Å². The third-order valence-corrected chi connectivity index (χ3v) is 2.36. The number of pyridine rings is 1. The van der Waals surface area contributed by atoms with E-state index in [2.05, 4.69) is 18.9 Å². The Morgan fingerprint density at radius 2 is 1.95 bits per heavy atom. The Hall–Kier alpha value is -2.11. The van der Waals surface area contributed by atoms with Crippen molar-refractivity contribution in [2.24, 2.45) is 7.05 Å². The third-order valence-electron chi connectivity index (χ3n) is 2.36. The molecule has 104 valence electrons. The van der Waals surface area contributed by atoms with Crippen molar-refractivity contribution >= 4 is 5.69 Å². The molecule has 0 amide bonds. The van der Waals surface area contributed by atoms with Crippen molar-refractivity contribution in [2.75, 3.05) is 5.73 Å². The molecule has 0 spiro atoms. The van der Waals surface area contributed by atoms with Gasteiger partial charge in [0, 0.05) is 24.9 Å². The van der Waals surface area contributed by atoms with Crippen molar-refractivity contribution in [1.29, 1.82) is 0 Å². The topological polar surface area (TPSA) is 65.8 Å². The predicted molar refractivity (Wildman–Crippen MR) is 73.9 cm³/mol. The standard InChI is InChI=1S/C10H11FN4O.C3H8/c1-6-3-9(13-14(6)2)15-5-7(11)4-8(12)10(15)16;1-3-2/h3-5H,12H2,1-2H3;3H2,1-2H3. The molecule has 6 heteroatoms. The van der Waals surface area contributed by atoms with Crippen LogP contribution in [-0.4, -0.2) is 14.3 Å². The Labute approximate surface area is 111 Å². The lowest BCUT2D eigenvalue weighted by atomic mass is 10.4. The first-order chi connectivity index (χ1) is 8.90. The van der Waals surface area contributed by atoms with Crippen LogP contribution in [0.4, 0.5) is 10.1 Å². The molecular weight excluding hydrogens is 247 g/mol. The van der Waals surface area contributed by atoms with Crippen molar-refractivity contribution in [3.63, 3.8) is 0 Å². The lowest BCUT2D eigenvalue weighted by molar-refractivity contribution is 0.611. The molecule has 2 rings (SSSR count). The molecule has 0 unspecified atom stereocenters. The largest absolute Gasteiger partial charge is 0.394 e. The van der Waals surface area contributed by atoms with Crippen LogP contribution in [0.15, 0.2) is 23.1 Å². The van der Waals surface area contributed by atoms with Crippen LogP contribution >= 0.6 is 0 Å². The van der Waals surface area contributed by atoms with Gasteiger partial charge in [-0.1, -0.05) is 20.3 Å². The highest BCUT2D eigenvalue weighted by molar-refractivity contribution is 5.38. The van der Waals surface area contributed by atoms with Crippen molar-refractivity contribution < 1.29 is 4.39 Å². The molecule has 0 aliphatic carbocycles. The van der Waals surface area contributed by atoms with Crippen LogP contribution in [0.2, 0.25) is 0 Å². The smallest absolute Gasteiger partial charge is 0.279 e. The Morgan fingerprint density at radius 3 is 2.42 bits per heavy atom. The monoisotopic (exact) mass is 266 g/mol. The van der Waals surface area contributed by atoms with Crippen LogP contribution in [0.5, 0.6) is 0 Å². The molecule has 0 saturated carbocycles. The summed E-state index contributed by atoms with van der Waals surface area (Å²) in [4.78, 5) is 11.7. The number of anilines is 1. The summed E-state index contributed by atoms with van der Waals surface area (Å²) in [5.74, 6) is -0.211. The lowest BCUT2D eigenvalue weighted by Crippen LogP contribution is -2.22. The van der Waals surface area contributed by atoms with E-state index in [4.69, 9.17) is 5.73 Å². The minimum absolute atomic E-state index is 0.136. The van der Waals surface area contributed by atoms with E-state index in [0.717, 1.165) is 22.5 Å². The van der Waals surface area contributed by atoms with E-state index >= 15 is 0 Å². The van der Waals surface area contributed by atoms with Gasteiger partial charge in [0.1, 0.15) is 11.5 Å². The number of nitrogens with zero attached hydrogens (tertiary/aromatic N) is 3. The van der Waals surface area contributed by atoms with Crippen molar-refractivity contribution in [3.05, 3.63) is 40.2 Å². The molecule has 0 aliphatic rings. The fourth-order valence-corrected chi connectivity index (χ4v) is 1.40. The van der Waals surface area contributed by atoms with Crippen molar-refractivity contribution in [3.8, 4) is 5.82 Å². The Balaban J connectivity index is 0.000000550. The van der Waals surface area contributed by atoms with Gasteiger partial charge in [-0.05, 0) is 6.92 Å². The van der Waals surface area contributed by atoms with Crippen molar-refractivity contribution in [2.45, 2.75) is 27.2 Å². The van der Waals surface area contributed by atoms with E-state index in [9.17, 15) is 9.18 Å². The average Bonchev–Trinajstić information content (AvgIpc) is 2.65. The average molecular weight is 266 g/mol. The summed E-state index contributed by atoms with van der Waals surface area (Å²) in [7, 11) is 1.74. The van der Waals surface area contributed by atoms with Gasteiger partial charge in [-0.2, -0.15) is 5.10 Å². The van der Waals surface area contributed by atoms with Gasteiger partial charge in [-0.15, -0.1) is 0 Å². The zero-order valence-electron chi connectivity index (χ0n) is 11.6. The number of halogens is 1. The van der Waals surface area contributed by atoms with E-state index in [1.807, 2.05) is 6.92 Å². The molecule has 19 heavy (non-hydrogen) atoms. The van der Waals surface area contributed by atoms with Gasteiger partial charge in [0.15, 0.2) is 5.82 Å². The van der Waals surface area contributed by atoms with E-state index < -0.39 is 11.4 Å². The van der Waals surface area contributed by atoms with Crippen LogP contribution in [0, 0.1) is 12.7 Å². The summed E-state index contributed by atoms with van der Waals surface area (Å²) in [6, 6.07) is 2.68. The van der Waals surface area contributed by atoms with Gasteiger partial charge in [-0.25, -0.2) is 4.39 Å². The molecule has 2 N–H and O–H groups in total. The van der Waals surface area contributed by atoms with E-state index in [0.29, 0.717) is 5.82 Å². The SMILES string of the molecule is CCC.Cc1cc(-n2cc(F)cc(N)c2=O)nn1C. The van der Waals surface area contributed by atoms with Gasteiger partial charge < -0.3 is 5.73 Å². The highest BCUT2D eigenvalue weighted by Crippen LogP contribution is 2.08. The molecule has 0 atom stereocenters. The molecule has 2 aromatic rings. The maximum Gasteiger partial charge on any atom is 0.279 e. The van der Waals surface area contributed by atoms with Crippen LogP contribution in [0.1, 0.15) is 26.0 Å². The normalized spacial score (nSPS) is 9.95. The summed E-state index contributed by atoms with van der Waals surface area (Å²) in [6.45, 7) is 6.09. The number of nitrogens with two attached hydrogens (primary N) is 1. The molecule has 2 heterocycles. The highest BCUT2D eigenvalue weighted by atomic mass is 19.1. The zero-order chi connectivity index (χ0) is 14.6. The van der Waals surface area contributed by atoms with Crippen LogP contribution in [0.3, 0.4) is 0 Å². The predicted octanol–water partition coefficient (Wildman–Crippen LogP) is 2.02. The van der Waals surface area contributed by atoms with Crippen LogP contribution in [-0.2, 0) is 7.05 Å². The molecule has 2 aromatic heterocycles. The Kier molecular flexibility index (Phi) is 4.86. The zero-order valence-corrected chi connectivity index (χ0v) is 11.6. The molecule has 0 fully saturated rings. The Bertz CT molecular complexity index is 596. The number of hydrogen-bond acceptors (Lipinski definition) is 3. The van der Waals surface area contributed by atoms with Gasteiger partial charge in [0.25, 0.3) is 5.56 Å². The van der Waals surface area contributed by atoms with Gasteiger partial charge in [-0.3, -0.25) is 14.0 Å². The van der Waals surface area contributed by atoms with E-state index in [1.165, 1.54) is 6.42 Å². The second-order valence-electron chi connectivity index (χ2n) is 4.26. The van der Waals surface area contributed by atoms with Gasteiger partial charge in [0.2, 0.25) is 0 Å². The molecule has 0 radical (unpaired) electrons. The van der Waals surface area contributed by atoms with Crippen LogP contribution in [0.25, 0.3) is 5.82 Å². The quantitative estimate of drug-likeness (QED) is 0.858. The summed E-state index contributed by atoms with van der Waals surface area (Å²) in [5, 5.41) is 4.08. The Morgan fingerprint density at radius 1 is 1.37 bits per heavy atom. The number of rotatable bonds is 1. The molecular formula is C13H19FN4O. The summed E-state index contributed by atoms with van der Waals surface area (Å²) in [5.41, 5.74) is 5.65. The maximum atomic E-state index is 13.1. The number of aryl methyl sites for hydroxylation is 2. The first-order valence-electron chi connectivity index (χ1n) is 6.09. The summed E-state index contributed by atoms with van der Waals surface area (Å²) < 4.78 is 15.8. The lowest BCUT2D eigenvalue weighted by Gasteiger charge is -2.02. The number of nitrogen functional groups attached to an aromatic ring is 1. The first-order valence-corrected chi connectivity index (χ1v) is 6.09. The summed E-state index contributed by atoms with van der Waals surface area (Å²) >= 11 is 0.